The summed E-state index contributed by atoms with van der Waals surface area (Å²) in [6.45, 7) is 10.5. The van der Waals surface area contributed by atoms with Crippen molar-refractivity contribution < 1.29 is 23.1 Å². The second-order valence-corrected chi connectivity index (χ2v) is 10.5. The summed E-state index contributed by atoms with van der Waals surface area (Å²) in [6.07, 6.45) is 3.62. The number of aromatic nitrogens is 1. The average Bonchev–Trinajstić information content (AvgIpc) is 2.70. The Hall–Kier alpha value is -3.24. The molecule has 0 radical (unpaired) electrons. The maximum absolute atomic E-state index is 15.1. The van der Waals surface area contributed by atoms with Crippen LogP contribution in [0.3, 0.4) is 0 Å². The van der Waals surface area contributed by atoms with Gasteiger partial charge in [0.2, 0.25) is 0 Å². The molecule has 5 N–H and O–H groups in total. The molecule has 0 bridgehead atoms. The van der Waals surface area contributed by atoms with Crippen LogP contribution >= 0.6 is 0 Å². The molecule has 2 unspecified atom stereocenters. The zero-order chi connectivity index (χ0) is 26.8. The summed E-state index contributed by atoms with van der Waals surface area (Å²) in [5.74, 6) is -2.05. The highest BCUT2D eigenvalue weighted by molar-refractivity contribution is 5.99. The number of nitrogens with one attached hydrogen (secondary N) is 3. The van der Waals surface area contributed by atoms with Gasteiger partial charge < -0.3 is 26.4 Å². The smallest absolute Gasteiger partial charge is 0.407 e. The van der Waals surface area contributed by atoms with Crippen LogP contribution in [0.5, 0.6) is 0 Å². The van der Waals surface area contributed by atoms with Gasteiger partial charge in [0.1, 0.15) is 17.2 Å². The summed E-state index contributed by atoms with van der Waals surface area (Å²) in [7, 11) is 0. The number of nitrogens with two attached hydrogens (primary N) is 1. The molecule has 2 amide bonds. The van der Waals surface area contributed by atoms with Crippen LogP contribution in [-0.2, 0) is 4.74 Å². The topological polar surface area (TPSA) is 131 Å². The molecular weight excluding hydrogens is 470 g/mol. The van der Waals surface area contributed by atoms with Crippen LogP contribution < -0.4 is 21.7 Å². The van der Waals surface area contributed by atoms with Gasteiger partial charge in [-0.15, -0.1) is 0 Å². The number of ether oxygens (including phenoxy) is 1. The van der Waals surface area contributed by atoms with Gasteiger partial charge in [-0.05, 0) is 72.4 Å². The molecule has 1 aliphatic carbocycles. The van der Waals surface area contributed by atoms with Gasteiger partial charge in [-0.1, -0.05) is 6.42 Å². The number of halogens is 2. The van der Waals surface area contributed by atoms with Crippen molar-refractivity contribution in [3.8, 4) is 0 Å². The van der Waals surface area contributed by atoms with E-state index in [1.165, 1.54) is 6.08 Å². The number of aliphatic imine (C=N–C) groups is 1. The number of dihydropyridines is 1. The van der Waals surface area contributed by atoms with E-state index in [9.17, 15) is 14.0 Å². The first-order valence-corrected chi connectivity index (χ1v) is 12.2. The lowest BCUT2D eigenvalue weighted by Crippen LogP contribution is -2.51. The normalized spacial score (nSPS) is 21.9. The quantitative estimate of drug-likeness (QED) is 0.416. The molecule has 0 spiro atoms. The van der Waals surface area contributed by atoms with Crippen molar-refractivity contribution in [2.45, 2.75) is 90.6 Å². The predicted octanol–water partition coefficient (Wildman–Crippen LogP) is 4.31. The van der Waals surface area contributed by atoms with E-state index in [2.05, 4.69) is 25.9 Å². The molecule has 1 saturated carbocycles. The molecule has 11 heteroatoms. The minimum absolute atomic E-state index is 0.0159. The Bertz CT molecular complexity index is 1060. The lowest BCUT2D eigenvalue weighted by molar-refractivity contribution is 0.0492. The maximum Gasteiger partial charge on any atom is 0.407 e. The van der Waals surface area contributed by atoms with Gasteiger partial charge in [0.15, 0.2) is 11.6 Å². The summed E-state index contributed by atoms with van der Waals surface area (Å²) in [6, 6.07) is -0.724. The number of pyridine rings is 1. The van der Waals surface area contributed by atoms with Gasteiger partial charge >= 0.3 is 6.09 Å². The summed E-state index contributed by atoms with van der Waals surface area (Å²) < 4.78 is 34.6. The fraction of sp³-hybridized carbons (Fsp3) is 0.600. The molecule has 1 aromatic heterocycles. The maximum atomic E-state index is 15.1. The first kappa shape index (κ1) is 27.3. The molecule has 36 heavy (non-hydrogen) atoms. The van der Waals surface area contributed by atoms with Crippen LogP contribution in [-0.4, -0.2) is 52.5 Å². The standard InChI is InChI=1S/C25H36F2N6O3/c1-12-17(26)11-19(13(2)29-12)31-22-16(21(28)34)10-18(27)23(33-22)32-20(15-8-7-9-15)14(3)30-24(35)36-25(4,5)6/h10-11,13-15,19-20H,7-9H2,1-6H3,(H2,28,34)(H,30,35)(H2,31,32,33)/t13?,14-,19?,20-/m0/s1. The number of nitrogens with zero attached hydrogens (tertiary/aromatic N) is 2. The number of anilines is 2. The minimum atomic E-state index is -0.876. The van der Waals surface area contributed by atoms with E-state index >= 15 is 4.39 Å². The Balaban J connectivity index is 1.87. The zero-order valence-electron chi connectivity index (χ0n) is 21.6. The van der Waals surface area contributed by atoms with E-state index in [4.69, 9.17) is 10.5 Å². The Labute approximate surface area is 210 Å². The van der Waals surface area contributed by atoms with Gasteiger partial charge in [-0.25, -0.2) is 18.6 Å². The SMILES string of the molecule is CC1=NC(C)C(Nc2nc(N[C@H](C3CCC3)[C@H](C)NC(=O)OC(C)(C)C)c(F)cc2C(N)=O)C=C1F. The number of alkyl carbamates (subject to hydrolysis) is 1. The van der Waals surface area contributed by atoms with Crippen molar-refractivity contribution in [2.75, 3.05) is 10.6 Å². The number of amides is 2. The Morgan fingerprint density at radius 3 is 2.44 bits per heavy atom. The highest BCUT2D eigenvalue weighted by Crippen LogP contribution is 2.34. The second kappa shape index (κ2) is 10.8. The number of carbonyl (C=O) groups is 2. The van der Waals surface area contributed by atoms with Crippen molar-refractivity contribution >= 4 is 29.3 Å². The molecule has 4 atom stereocenters. The lowest BCUT2D eigenvalue weighted by atomic mass is 9.77. The third-order valence-electron chi connectivity index (χ3n) is 6.38. The van der Waals surface area contributed by atoms with Crippen LogP contribution in [0.15, 0.2) is 23.0 Å². The number of allylic oxidation sites excluding steroid dienone is 1. The number of hydrogen-bond acceptors (Lipinski definition) is 7. The largest absolute Gasteiger partial charge is 0.444 e. The van der Waals surface area contributed by atoms with E-state index < -0.39 is 41.3 Å². The first-order valence-electron chi connectivity index (χ1n) is 12.2. The first-order chi connectivity index (χ1) is 16.7. The predicted molar refractivity (Wildman–Crippen MR) is 135 cm³/mol. The summed E-state index contributed by atoms with van der Waals surface area (Å²) in [5, 5.41) is 8.93. The van der Waals surface area contributed by atoms with Crippen LogP contribution in [0.1, 0.15) is 71.2 Å². The Morgan fingerprint density at radius 2 is 1.89 bits per heavy atom. The monoisotopic (exact) mass is 506 g/mol. The average molecular weight is 507 g/mol. The number of rotatable bonds is 8. The molecule has 1 aliphatic heterocycles. The van der Waals surface area contributed by atoms with E-state index in [1.807, 2.05) is 6.92 Å². The van der Waals surface area contributed by atoms with E-state index in [-0.39, 0.29) is 40.9 Å². The lowest BCUT2D eigenvalue weighted by Gasteiger charge is -2.38. The molecule has 3 rings (SSSR count). The third-order valence-corrected chi connectivity index (χ3v) is 6.38. The van der Waals surface area contributed by atoms with Crippen molar-refractivity contribution in [3.05, 3.63) is 29.3 Å². The van der Waals surface area contributed by atoms with Gasteiger partial charge in [0.05, 0.1) is 29.4 Å². The van der Waals surface area contributed by atoms with Crippen molar-refractivity contribution in [2.24, 2.45) is 16.6 Å². The van der Waals surface area contributed by atoms with Crippen molar-refractivity contribution in [3.63, 3.8) is 0 Å². The fourth-order valence-electron chi connectivity index (χ4n) is 4.26. The van der Waals surface area contributed by atoms with E-state index in [0.29, 0.717) is 0 Å². The molecule has 0 aromatic carbocycles. The molecular formula is C25H36F2N6O3. The molecule has 198 valence electrons. The molecule has 2 heterocycles. The Kier molecular flexibility index (Phi) is 8.20. The van der Waals surface area contributed by atoms with E-state index in [1.54, 1.807) is 34.6 Å². The highest BCUT2D eigenvalue weighted by atomic mass is 19.1. The van der Waals surface area contributed by atoms with Gasteiger partial charge in [-0.3, -0.25) is 9.79 Å². The highest BCUT2D eigenvalue weighted by Gasteiger charge is 2.34. The number of primary amides is 1. The van der Waals surface area contributed by atoms with Gasteiger partial charge in [0, 0.05) is 6.04 Å². The fourth-order valence-corrected chi connectivity index (χ4v) is 4.26. The molecule has 1 aromatic rings. The number of hydrogen-bond donors (Lipinski definition) is 4. The Morgan fingerprint density at radius 1 is 1.22 bits per heavy atom. The molecule has 0 saturated heterocycles. The number of carbonyl (C=O) groups excluding carboxylic acids is 2. The van der Waals surface area contributed by atoms with Crippen molar-refractivity contribution in [1.82, 2.24) is 10.3 Å². The van der Waals surface area contributed by atoms with Gasteiger partial charge in [-0.2, -0.15) is 0 Å². The van der Waals surface area contributed by atoms with Crippen LogP contribution in [0.25, 0.3) is 0 Å². The molecule has 1 fully saturated rings. The van der Waals surface area contributed by atoms with Crippen LogP contribution in [0.2, 0.25) is 0 Å². The molecule has 9 nitrogen and oxygen atoms in total. The van der Waals surface area contributed by atoms with Crippen LogP contribution in [0.4, 0.5) is 25.2 Å². The minimum Gasteiger partial charge on any atom is -0.444 e. The zero-order valence-corrected chi connectivity index (χ0v) is 21.6. The second-order valence-electron chi connectivity index (χ2n) is 10.5. The molecule has 2 aliphatic rings. The van der Waals surface area contributed by atoms with Crippen molar-refractivity contribution in [1.29, 1.82) is 0 Å². The van der Waals surface area contributed by atoms with Crippen LogP contribution in [0, 0.1) is 11.7 Å². The van der Waals surface area contributed by atoms with Gasteiger partial charge in [0.25, 0.3) is 5.91 Å². The third kappa shape index (κ3) is 6.70. The summed E-state index contributed by atoms with van der Waals surface area (Å²) in [4.78, 5) is 32.9. The van der Waals surface area contributed by atoms with E-state index in [0.717, 1.165) is 25.3 Å². The summed E-state index contributed by atoms with van der Waals surface area (Å²) in [5.41, 5.74) is 4.93. The summed E-state index contributed by atoms with van der Waals surface area (Å²) >= 11 is 0.